The van der Waals surface area contributed by atoms with E-state index in [1.165, 1.54) is 12.3 Å². The Morgan fingerprint density at radius 2 is 2.36 bits per heavy atom. The molecule has 0 aromatic carbocycles. The number of aromatic nitrogens is 1. The van der Waals surface area contributed by atoms with E-state index in [0.717, 1.165) is 0 Å². The average Bonchev–Trinajstić information content (AvgIpc) is 2.20. The van der Waals surface area contributed by atoms with E-state index in [-0.39, 0.29) is 12.4 Å². The van der Waals surface area contributed by atoms with Crippen molar-refractivity contribution in [3.05, 3.63) is 35.7 Å². The van der Waals surface area contributed by atoms with Gasteiger partial charge in [-0.1, -0.05) is 6.08 Å². The van der Waals surface area contributed by atoms with Crippen molar-refractivity contribution in [2.24, 2.45) is 5.73 Å². The number of hydrogen-bond acceptors (Lipinski definition) is 4. The summed E-state index contributed by atoms with van der Waals surface area (Å²) >= 11 is 0. The van der Waals surface area contributed by atoms with Crippen LogP contribution in [0.1, 0.15) is 22.9 Å². The molecule has 0 radical (unpaired) electrons. The lowest BCUT2D eigenvalue weighted by Gasteiger charge is -2.14. The molecule has 0 bridgehead atoms. The summed E-state index contributed by atoms with van der Waals surface area (Å²) in [6.45, 7) is 5.02. The first kappa shape index (κ1) is 10.7. The van der Waals surface area contributed by atoms with Gasteiger partial charge in [0.2, 0.25) is 0 Å². The van der Waals surface area contributed by atoms with E-state index in [1.807, 2.05) is 0 Å². The largest absolute Gasteiger partial charge is 0.506 e. The number of pyridine rings is 1. The number of nitrogens with zero attached hydrogens (tertiary/aromatic N) is 1. The third kappa shape index (κ3) is 1.76. The molecule has 76 valence electrons. The normalized spacial score (nSPS) is 12.5. The zero-order valence-electron chi connectivity index (χ0n) is 8.07. The first-order chi connectivity index (χ1) is 6.61. The molecular formula is C10H14N2O2. The second-order valence-corrected chi connectivity index (χ2v) is 3.05. The Hall–Kier alpha value is -1.39. The van der Waals surface area contributed by atoms with Gasteiger partial charge in [0, 0.05) is 17.3 Å². The van der Waals surface area contributed by atoms with Crippen LogP contribution in [0.3, 0.4) is 0 Å². The molecule has 14 heavy (non-hydrogen) atoms. The van der Waals surface area contributed by atoms with E-state index in [4.69, 9.17) is 10.8 Å². The summed E-state index contributed by atoms with van der Waals surface area (Å²) < 4.78 is 0. The summed E-state index contributed by atoms with van der Waals surface area (Å²) in [6, 6.07) is -0.487. The predicted octanol–water partition coefficient (Wildman–Crippen LogP) is 0.774. The van der Waals surface area contributed by atoms with Crippen LogP contribution in [0, 0.1) is 6.92 Å². The summed E-state index contributed by atoms with van der Waals surface area (Å²) in [5.74, 6) is 0.0314. The molecule has 0 aliphatic rings. The first-order valence-corrected chi connectivity index (χ1v) is 4.28. The van der Waals surface area contributed by atoms with E-state index in [1.54, 1.807) is 6.92 Å². The Balaban J connectivity index is 3.34. The Morgan fingerprint density at radius 1 is 1.71 bits per heavy atom. The van der Waals surface area contributed by atoms with Gasteiger partial charge in [0.05, 0.1) is 18.3 Å². The van der Waals surface area contributed by atoms with Crippen LogP contribution in [-0.2, 0) is 6.61 Å². The molecular weight excluding hydrogens is 180 g/mol. The van der Waals surface area contributed by atoms with Crippen LogP contribution in [-0.4, -0.2) is 15.2 Å². The molecule has 0 aliphatic heterocycles. The zero-order valence-corrected chi connectivity index (χ0v) is 8.07. The van der Waals surface area contributed by atoms with Crippen molar-refractivity contribution in [3.8, 4) is 5.75 Å². The lowest BCUT2D eigenvalue weighted by atomic mass is 10.0. The summed E-state index contributed by atoms with van der Waals surface area (Å²) in [6.07, 6.45) is 3.02. The van der Waals surface area contributed by atoms with Crippen LogP contribution in [0.5, 0.6) is 5.75 Å². The molecule has 4 N–H and O–H groups in total. The van der Waals surface area contributed by atoms with Crippen LogP contribution < -0.4 is 5.73 Å². The van der Waals surface area contributed by atoms with Crippen LogP contribution >= 0.6 is 0 Å². The number of nitrogens with two attached hydrogens (primary N) is 1. The molecule has 1 atom stereocenters. The monoisotopic (exact) mass is 194 g/mol. The minimum Gasteiger partial charge on any atom is -0.506 e. The van der Waals surface area contributed by atoms with E-state index >= 15 is 0 Å². The molecule has 0 spiro atoms. The number of hydrogen-bond donors (Lipinski definition) is 3. The number of aryl methyl sites for hydroxylation is 1. The van der Waals surface area contributed by atoms with Crippen LogP contribution in [0.4, 0.5) is 0 Å². The van der Waals surface area contributed by atoms with Crippen LogP contribution in [0.15, 0.2) is 18.9 Å². The highest BCUT2D eigenvalue weighted by molar-refractivity contribution is 5.44. The maximum absolute atomic E-state index is 9.71. The van der Waals surface area contributed by atoms with Crippen molar-refractivity contribution in [3.63, 3.8) is 0 Å². The Kier molecular flexibility index (Phi) is 3.22. The first-order valence-electron chi connectivity index (χ1n) is 4.28. The van der Waals surface area contributed by atoms with Crippen molar-refractivity contribution < 1.29 is 10.2 Å². The fraction of sp³-hybridized carbons (Fsp3) is 0.300. The summed E-state index contributed by atoms with van der Waals surface area (Å²) in [5, 5.41) is 18.7. The van der Waals surface area contributed by atoms with Gasteiger partial charge in [0.25, 0.3) is 0 Å². The molecule has 1 rings (SSSR count). The molecule has 0 fully saturated rings. The Bertz CT molecular complexity index is 350. The lowest BCUT2D eigenvalue weighted by molar-refractivity contribution is 0.278. The average molecular weight is 194 g/mol. The predicted molar refractivity (Wildman–Crippen MR) is 53.7 cm³/mol. The van der Waals surface area contributed by atoms with E-state index in [2.05, 4.69) is 11.6 Å². The van der Waals surface area contributed by atoms with Crippen molar-refractivity contribution in [2.75, 3.05) is 0 Å². The minimum atomic E-state index is -0.487. The molecule has 1 aromatic rings. The second kappa shape index (κ2) is 4.21. The molecule has 0 saturated heterocycles. The van der Waals surface area contributed by atoms with Crippen LogP contribution in [0.25, 0.3) is 0 Å². The Labute approximate surface area is 82.7 Å². The lowest BCUT2D eigenvalue weighted by Crippen LogP contribution is -2.11. The summed E-state index contributed by atoms with van der Waals surface area (Å²) in [4.78, 5) is 3.93. The summed E-state index contributed by atoms with van der Waals surface area (Å²) in [7, 11) is 0. The molecule has 0 aliphatic carbocycles. The fourth-order valence-corrected chi connectivity index (χ4v) is 1.27. The quantitative estimate of drug-likeness (QED) is 0.621. The number of aliphatic hydroxyl groups is 1. The summed E-state index contributed by atoms with van der Waals surface area (Å²) in [5.41, 5.74) is 7.24. The second-order valence-electron chi connectivity index (χ2n) is 3.05. The van der Waals surface area contributed by atoms with Gasteiger partial charge in [-0.15, -0.1) is 6.58 Å². The Morgan fingerprint density at radius 3 is 2.86 bits per heavy atom. The highest BCUT2D eigenvalue weighted by atomic mass is 16.3. The zero-order chi connectivity index (χ0) is 10.7. The standard InChI is InChI=1S/C10H14N2O2/c1-3-8(11)9-7(5-13)4-12-6(2)10(9)14/h3-4,8,13-14H,1,5,11H2,2H3. The smallest absolute Gasteiger partial charge is 0.142 e. The topological polar surface area (TPSA) is 79.4 Å². The molecule has 0 saturated carbocycles. The van der Waals surface area contributed by atoms with E-state index in [0.29, 0.717) is 16.8 Å². The molecule has 1 heterocycles. The molecule has 4 heteroatoms. The fourth-order valence-electron chi connectivity index (χ4n) is 1.27. The van der Waals surface area contributed by atoms with Gasteiger partial charge in [0.1, 0.15) is 5.75 Å². The van der Waals surface area contributed by atoms with Crippen molar-refractivity contribution in [1.82, 2.24) is 4.98 Å². The number of aromatic hydroxyl groups is 1. The van der Waals surface area contributed by atoms with Gasteiger partial charge in [0.15, 0.2) is 0 Å². The van der Waals surface area contributed by atoms with Gasteiger partial charge in [-0.05, 0) is 6.92 Å². The van der Waals surface area contributed by atoms with Crippen molar-refractivity contribution in [1.29, 1.82) is 0 Å². The van der Waals surface area contributed by atoms with Gasteiger partial charge >= 0.3 is 0 Å². The van der Waals surface area contributed by atoms with E-state index in [9.17, 15) is 5.11 Å². The number of aliphatic hydroxyl groups excluding tert-OH is 1. The maximum atomic E-state index is 9.71. The van der Waals surface area contributed by atoms with Gasteiger partial charge in [-0.3, -0.25) is 4.98 Å². The van der Waals surface area contributed by atoms with Crippen molar-refractivity contribution in [2.45, 2.75) is 19.6 Å². The highest BCUT2D eigenvalue weighted by Gasteiger charge is 2.15. The SMILES string of the molecule is C=CC(N)c1c(CO)cnc(C)c1O. The van der Waals surface area contributed by atoms with Crippen molar-refractivity contribution >= 4 is 0 Å². The van der Waals surface area contributed by atoms with Gasteiger partial charge in [-0.2, -0.15) is 0 Å². The molecule has 1 aromatic heterocycles. The third-order valence-electron chi connectivity index (χ3n) is 2.12. The molecule has 4 nitrogen and oxygen atoms in total. The van der Waals surface area contributed by atoms with Gasteiger partial charge in [-0.25, -0.2) is 0 Å². The maximum Gasteiger partial charge on any atom is 0.142 e. The molecule has 1 unspecified atom stereocenters. The number of rotatable bonds is 3. The van der Waals surface area contributed by atoms with E-state index < -0.39 is 6.04 Å². The minimum absolute atomic E-state index is 0.0314. The van der Waals surface area contributed by atoms with Gasteiger partial charge < -0.3 is 15.9 Å². The molecule has 0 amide bonds. The highest BCUT2D eigenvalue weighted by Crippen LogP contribution is 2.28. The third-order valence-corrected chi connectivity index (χ3v) is 2.12. The van der Waals surface area contributed by atoms with Crippen LogP contribution in [0.2, 0.25) is 0 Å².